The number of nitrogens with two attached hydrogens (primary N) is 1. The second-order valence-electron chi connectivity index (χ2n) is 8.60. The van der Waals surface area contributed by atoms with Crippen molar-refractivity contribution in [1.82, 2.24) is 14.1 Å². The van der Waals surface area contributed by atoms with E-state index in [0.717, 1.165) is 6.42 Å². The Bertz CT molecular complexity index is 934. The van der Waals surface area contributed by atoms with Crippen LogP contribution in [0.25, 0.3) is 0 Å². The molecule has 2 heterocycles. The van der Waals surface area contributed by atoms with Crippen LogP contribution in [0.3, 0.4) is 0 Å². The first-order valence-corrected chi connectivity index (χ1v) is 11.7. The molecular formula is C20H27N5O4S. The molecular weight excluding hydrogens is 406 g/mol. The maximum Gasteiger partial charge on any atom is 0.407 e. The molecule has 162 valence electrons. The minimum absolute atomic E-state index is 0.0103. The van der Waals surface area contributed by atoms with Crippen LogP contribution in [0.5, 0.6) is 0 Å². The van der Waals surface area contributed by atoms with Crippen molar-refractivity contribution in [2.45, 2.75) is 49.2 Å². The van der Waals surface area contributed by atoms with E-state index in [1.165, 1.54) is 9.87 Å². The summed E-state index contributed by atoms with van der Waals surface area (Å²) in [6.07, 6.45) is 1.54. The van der Waals surface area contributed by atoms with Crippen LogP contribution < -0.4 is 5.14 Å². The standard InChI is InChI=1S/C20H27N5O4S/c21-9-8-20(13-24(14-20)30(22,28)29)23-10-6-16(7-11-23)25(19(26)27)18-12-17(18)15-4-2-1-3-5-15/h1-5,16-18H,6-8,10-14H2,(H,26,27)(H2,22,28,29)/t17-,18-/m0/s1. The lowest BCUT2D eigenvalue weighted by Gasteiger charge is -2.55. The first-order chi connectivity index (χ1) is 14.2. The zero-order valence-corrected chi connectivity index (χ0v) is 17.5. The van der Waals surface area contributed by atoms with E-state index in [4.69, 9.17) is 5.14 Å². The van der Waals surface area contributed by atoms with E-state index in [-0.39, 0.29) is 37.5 Å². The first kappa shape index (κ1) is 21.1. The third-order valence-corrected chi connectivity index (χ3v) is 7.78. The van der Waals surface area contributed by atoms with E-state index in [1.54, 1.807) is 4.90 Å². The van der Waals surface area contributed by atoms with E-state index < -0.39 is 21.8 Å². The Labute approximate surface area is 176 Å². The lowest BCUT2D eigenvalue weighted by molar-refractivity contribution is -0.0348. The van der Waals surface area contributed by atoms with Crippen LogP contribution in [-0.2, 0) is 10.2 Å². The fraction of sp³-hybridized carbons (Fsp3) is 0.600. The largest absolute Gasteiger partial charge is 0.465 e. The summed E-state index contributed by atoms with van der Waals surface area (Å²) in [5.41, 5.74) is 0.656. The lowest BCUT2D eigenvalue weighted by atomic mass is 9.84. The zero-order chi connectivity index (χ0) is 21.5. The average molecular weight is 434 g/mol. The Morgan fingerprint density at radius 3 is 2.43 bits per heavy atom. The minimum atomic E-state index is -3.75. The number of carboxylic acid groups (broad SMARTS) is 1. The van der Waals surface area contributed by atoms with Gasteiger partial charge < -0.3 is 10.0 Å². The van der Waals surface area contributed by atoms with E-state index in [2.05, 4.69) is 11.0 Å². The number of rotatable bonds is 6. The number of hydrogen-bond donors (Lipinski definition) is 2. The van der Waals surface area contributed by atoms with Crippen molar-refractivity contribution in [3.63, 3.8) is 0 Å². The number of benzene rings is 1. The molecule has 1 saturated carbocycles. The van der Waals surface area contributed by atoms with Gasteiger partial charge in [0.2, 0.25) is 0 Å². The molecule has 0 radical (unpaired) electrons. The molecule has 30 heavy (non-hydrogen) atoms. The number of piperidine rings is 1. The molecule has 0 aromatic heterocycles. The Balaban J connectivity index is 1.39. The Kier molecular flexibility index (Phi) is 5.48. The van der Waals surface area contributed by atoms with Crippen LogP contribution in [0.4, 0.5) is 4.79 Å². The maximum atomic E-state index is 12.0. The molecule has 10 heteroatoms. The van der Waals surface area contributed by atoms with Crippen LogP contribution in [0, 0.1) is 11.3 Å². The molecule has 2 atom stereocenters. The number of likely N-dealkylation sites (tertiary alicyclic amines) is 1. The van der Waals surface area contributed by atoms with Crippen molar-refractivity contribution in [3.05, 3.63) is 35.9 Å². The summed E-state index contributed by atoms with van der Waals surface area (Å²) in [6.45, 7) is 1.70. The summed E-state index contributed by atoms with van der Waals surface area (Å²) in [7, 11) is -3.75. The maximum absolute atomic E-state index is 12.0. The topological polar surface area (TPSA) is 131 Å². The SMILES string of the molecule is N#CCC1(N2CCC(N(C(=O)O)[C@H]3C[C@H]3c3ccccc3)CC2)CN(S(N)(=O)=O)C1. The highest BCUT2D eigenvalue weighted by molar-refractivity contribution is 7.86. The van der Waals surface area contributed by atoms with Gasteiger partial charge in [-0.3, -0.25) is 4.90 Å². The molecule has 0 bridgehead atoms. The molecule has 0 unspecified atom stereocenters. The van der Waals surface area contributed by atoms with Crippen LogP contribution in [0.15, 0.2) is 30.3 Å². The van der Waals surface area contributed by atoms with Crippen molar-refractivity contribution in [2.75, 3.05) is 26.2 Å². The second kappa shape index (κ2) is 7.81. The van der Waals surface area contributed by atoms with Gasteiger partial charge in [-0.25, -0.2) is 9.93 Å². The van der Waals surface area contributed by atoms with Crippen molar-refractivity contribution in [3.8, 4) is 6.07 Å². The quantitative estimate of drug-likeness (QED) is 0.692. The molecule has 1 aromatic carbocycles. The van der Waals surface area contributed by atoms with Gasteiger partial charge in [-0.2, -0.15) is 18.0 Å². The van der Waals surface area contributed by atoms with Gasteiger partial charge in [0, 0.05) is 44.2 Å². The molecule has 9 nitrogen and oxygen atoms in total. The third kappa shape index (κ3) is 3.90. The summed E-state index contributed by atoms with van der Waals surface area (Å²) < 4.78 is 24.3. The summed E-state index contributed by atoms with van der Waals surface area (Å²) in [5, 5.41) is 24.3. The van der Waals surface area contributed by atoms with Crippen molar-refractivity contribution in [2.24, 2.45) is 5.14 Å². The van der Waals surface area contributed by atoms with Crippen LogP contribution in [0.2, 0.25) is 0 Å². The number of nitrogens with zero attached hydrogens (tertiary/aromatic N) is 4. The molecule has 4 rings (SSSR count). The van der Waals surface area contributed by atoms with E-state index in [0.29, 0.717) is 25.9 Å². The van der Waals surface area contributed by atoms with Gasteiger partial charge in [0.1, 0.15) is 0 Å². The second-order valence-corrected chi connectivity index (χ2v) is 10.1. The molecule has 3 N–H and O–H groups in total. The monoisotopic (exact) mass is 433 g/mol. The molecule has 1 amide bonds. The highest BCUT2D eigenvalue weighted by atomic mass is 32.2. The van der Waals surface area contributed by atoms with Crippen molar-refractivity contribution in [1.29, 1.82) is 5.26 Å². The number of carbonyl (C=O) groups is 1. The van der Waals surface area contributed by atoms with E-state index in [9.17, 15) is 23.6 Å². The summed E-state index contributed by atoms with van der Waals surface area (Å²) >= 11 is 0. The lowest BCUT2D eigenvalue weighted by Crippen LogP contribution is -2.73. The summed E-state index contributed by atoms with van der Waals surface area (Å²) in [4.78, 5) is 15.8. The first-order valence-electron chi connectivity index (χ1n) is 10.2. The van der Waals surface area contributed by atoms with Gasteiger partial charge in [-0.15, -0.1) is 0 Å². The fourth-order valence-electron chi connectivity index (χ4n) is 5.10. The molecule has 0 spiro atoms. The summed E-state index contributed by atoms with van der Waals surface area (Å²) in [5.74, 6) is 0.250. The van der Waals surface area contributed by atoms with Crippen molar-refractivity contribution < 1.29 is 18.3 Å². The molecule has 1 aromatic rings. The predicted molar refractivity (Wildman–Crippen MR) is 110 cm³/mol. The molecule has 2 saturated heterocycles. The van der Waals surface area contributed by atoms with E-state index in [1.807, 2.05) is 30.3 Å². The molecule has 1 aliphatic carbocycles. The zero-order valence-electron chi connectivity index (χ0n) is 16.7. The molecule has 3 fully saturated rings. The van der Waals surface area contributed by atoms with Gasteiger partial charge in [0.15, 0.2) is 0 Å². The molecule has 2 aliphatic heterocycles. The normalized spacial score (nSPS) is 27.1. The number of hydrogen-bond acceptors (Lipinski definition) is 5. The smallest absolute Gasteiger partial charge is 0.407 e. The van der Waals surface area contributed by atoms with Crippen molar-refractivity contribution >= 4 is 16.3 Å². The number of amides is 1. The van der Waals surface area contributed by atoms with Gasteiger partial charge in [-0.05, 0) is 24.8 Å². The van der Waals surface area contributed by atoms with E-state index >= 15 is 0 Å². The van der Waals surface area contributed by atoms with Crippen LogP contribution >= 0.6 is 0 Å². The van der Waals surface area contributed by atoms with Crippen LogP contribution in [-0.4, -0.2) is 77.5 Å². The fourth-order valence-corrected chi connectivity index (χ4v) is 5.94. The highest BCUT2D eigenvalue weighted by Crippen LogP contribution is 2.46. The minimum Gasteiger partial charge on any atom is -0.465 e. The highest BCUT2D eigenvalue weighted by Gasteiger charge is 2.53. The number of nitriles is 1. The van der Waals surface area contributed by atoms with Gasteiger partial charge in [-0.1, -0.05) is 30.3 Å². The van der Waals surface area contributed by atoms with Gasteiger partial charge in [0.05, 0.1) is 18.0 Å². The van der Waals surface area contributed by atoms with Gasteiger partial charge in [0.25, 0.3) is 10.2 Å². The predicted octanol–water partition coefficient (Wildman–Crippen LogP) is 1.16. The Hall–Kier alpha value is -2.19. The molecule has 3 aliphatic rings. The average Bonchev–Trinajstić information content (AvgIpc) is 3.45. The Morgan fingerprint density at radius 1 is 1.27 bits per heavy atom. The summed E-state index contributed by atoms with van der Waals surface area (Å²) in [6, 6.07) is 12.1. The third-order valence-electron chi connectivity index (χ3n) is 6.80. The van der Waals surface area contributed by atoms with Gasteiger partial charge >= 0.3 is 6.09 Å². The van der Waals surface area contributed by atoms with Crippen LogP contribution in [0.1, 0.15) is 37.2 Å². The Morgan fingerprint density at radius 2 is 1.90 bits per heavy atom.